The van der Waals surface area contributed by atoms with Gasteiger partial charge in [-0.2, -0.15) is 0 Å². The maximum absolute atomic E-state index is 11.5. The molecule has 82 valence electrons. The van der Waals surface area contributed by atoms with Crippen LogP contribution in [0.5, 0.6) is 0 Å². The summed E-state index contributed by atoms with van der Waals surface area (Å²) in [7, 11) is 1.93. The van der Waals surface area contributed by atoms with Gasteiger partial charge in [-0.05, 0) is 27.8 Å². The SMILES string of the molecule is CNCC1CN(OC(=O)C(C)(C)C)C1. The van der Waals surface area contributed by atoms with E-state index in [0.29, 0.717) is 5.92 Å². The Morgan fingerprint density at radius 3 is 2.50 bits per heavy atom. The predicted molar refractivity (Wildman–Crippen MR) is 54.5 cm³/mol. The van der Waals surface area contributed by atoms with Crippen molar-refractivity contribution in [2.24, 2.45) is 11.3 Å². The van der Waals surface area contributed by atoms with Crippen LogP contribution in [0.25, 0.3) is 0 Å². The molecule has 1 rings (SSSR count). The van der Waals surface area contributed by atoms with Crippen LogP contribution in [-0.4, -0.2) is 37.7 Å². The van der Waals surface area contributed by atoms with Crippen molar-refractivity contribution < 1.29 is 9.63 Å². The Labute approximate surface area is 85.6 Å². The first-order chi connectivity index (χ1) is 6.43. The molecule has 14 heavy (non-hydrogen) atoms. The lowest BCUT2D eigenvalue weighted by molar-refractivity contribution is -0.227. The average Bonchev–Trinajstić information content (AvgIpc) is 1.98. The van der Waals surface area contributed by atoms with Gasteiger partial charge >= 0.3 is 5.97 Å². The Hall–Kier alpha value is -0.610. The van der Waals surface area contributed by atoms with Crippen LogP contribution in [0, 0.1) is 11.3 Å². The highest BCUT2D eigenvalue weighted by Crippen LogP contribution is 2.20. The summed E-state index contributed by atoms with van der Waals surface area (Å²) in [5.41, 5.74) is -0.409. The summed E-state index contributed by atoms with van der Waals surface area (Å²) in [6, 6.07) is 0. The third-order valence-electron chi connectivity index (χ3n) is 2.24. The fourth-order valence-electron chi connectivity index (χ4n) is 1.27. The second-order valence-corrected chi connectivity index (χ2v) is 4.90. The largest absolute Gasteiger partial charge is 0.367 e. The monoisotopic (exact) mass is 200 g/mol. The molecule has 1 aliphatic rings. The second kappa shape index (κ2) is 4.28. The van der Waals surface area contributed by atoms with Crippen molar-refractivity contribution in [3.05, 3.63) is 0 Å². The number of hydrogen-bond acceptors (Lipinski definition) is 4. The molecule has 0 atom stereocenters. The van der Waals surface area contributed by atoms with Crippen LogP contribution >= 0.6 is 0 Å². The van der Waals surface area contributed by atoms with Gasteiger partial charge in [-0.25, -0.2) is 4.79 Å². The minimum absolute atomic E-state index is 0.152. The van der Waals surface area contributed by atoms with Crippen molar-refractivity contribution in [3.8, 4) is 0 Å². The lowest BCUT2D eigenvalue weighted by Gasteiger charge is -2.38. The Morgan fingerprint density at radius 1 is 1.50 bits per heavy atom. The molecular weight excluding hydrogens is 180 g/mol. The number of rotatable bonds is 3. The molecule has 1 N–H and O–H groups in total. The number of nitrogens with zero attached hydrogens (tertiary/aromatic N) is 1. The standard InChI is InChI=1S/C10H20N2O2/c1-10(2,3)9(13)14-12-6-8(7-12)5-11-4/h8,11H,5-7H2,1-4H3. The van der Waals surface area contributed by atoms with E-state index in [1.165, 1.54) is 0 Å². The van der Waals surface area contributed by atoms with Crippen molar-refractivity contribution in [3.63, 3.8) is 0 Å². The molecule has 0 aromatic rings. The lowest BCUT2D eigenvalue weighted by Crippen LogP contribution is -2.51. The van der Waals surface area contributed by atoms with E-state index in [1.807, 2.05) is 27.8 Å². The lowest BCUT2D eigenvalue weighted by atomic mass is 9.97. The molecule has 1 fully saturated rings. The molecule has 1 heterocycles. The molecule has 4 heteroatoms. The summed E-state index contributed by atoms with van der Waals surface area (Å²) in [6.07, 6.45) is 0. The summed E-state index contributed by atoms with van der Waals surface area (Å²) < 4.78 is 0. The van der Waals surface area contributed by atoms with E-state index in [4.69, 9.17) is 4.84 Å². The van der Waals surface area contributed by atoms with Gasteiger partial charge in [0.1, 0.15) is 0 Å². The Morgan fingerprint density at radius 2 is 2.07 bits per heavy atom. The minimum Gasteiger partial charge on any atom is -0.367 e. The number of nitrogens with one attached hydrogen (secondary N) is 1. The average molecular weight is 200 g/mol. The zero-order chi connectivity index (χ0) is 10.8. The molecule has 0 saturated carbocycles. The fraction of sp³-hybridized carbons (Fsp3) is 0.900. The van der Waals surface area contributed by atoms with Gasteiger partial charge in [0.05, 0.1) is 5.41 Å². The summed E-state index contributed by atoms with van der Waals surface area (Å²) in [5.74, 6) is 0.466. The Kier molecular flexibility index (Phi) is 3.50. The normalized spacial score (nSPS) is 19.1. The Balaban J connectivity index is 2.20. The van der Waals surface area contributed by atoms with Gasteiger partial charge in [-0.3, -0.25) is 0 Å². The first-order valence-electron chi connectivity index (χ1n) is 5.05. The molecule has 0 aliphatic carbocycles. The molecular formula is C10H20N2O2. The summed E-state index contributed by atoms with van der Waals surface area (Å²) >= 11 is 0. The Bertz CT molecular complexity index is 205. The van der Waals surface area contributed by atoms with Gasteiger partial charge < -0.3 is 10.2 Å². The van der Waals surface area contributed by atoms with Gasteiger partial charge in [0, 0.05) is 25.6 Å². The molecule has 4 nitrogen and oxygen atoms in total. The molecule has 0 spiro atoms. The third kappa shape index (κ3) is 2.96. The number of carbonyl (C=O) groups excluding carboxylic acids is 1. The summed E-state index contributed by atoms with van der Waals surface area (Å²) in [6.45, 7) is 8.27. The molecule has 0 unspecified atom stereocenters. The van der Waals surface area contributed by atoms with E-state index in [9.17, 15) is 4.79 Å². The number of carbonyl (C=O) groups is 1. The van der Waals surface area contributed by atoms with Gasteiger partial charge in [0.15, 0.2) is 0 Å². The quantitative estimate of drug-likeness (QED) is 0.726. The van der Waals surface area contributed by atoms with Gasteiger partial charge in [0.2, 0.25) is 0 Å². The zero-order valence-corrected chi connectivity index (χ0v) is 9.46. The summed E-state index contributed by atoms with van der Waals surface area (Å²) in [5, 5.41) is 4.84. The van der Waals surface area contributed by atoms with Crippen molar-refractivity contribution in [2.75, 3.05) is 26.7 Å². The zero-order valence-electron chi connectivity index (χ0n) is 9.46. The predicted octanol–water partition coefficient (Wildman–Crippen LogP) is 0.642. The van der Waals surface area contributed by atoms with Gasteiger partial charge in [0.25, 0.3) is 0 Å². The molecule has 0 bridgehead atoms. The highest BCUT2D eigenvalue weighted by molar-refractivity contribution is 5.75. The van der Waals surface area contributed by atoms with Crippen molar-refractivity contribution in [2.45, 2.75) is 20.8 Å². The first kappa shape index (κ1) is 11.5. The van der Waals surface area contributed by atoms with E-state index >= 15 is 0 Å². The number of hydrogen-bond donors (Lipinski definition) is 1. The molecule has 0 aromatic carbocycles. The van der Waals surface area contributed by atoms with Crippen LogP contribution in [0.1, 0.15) is 20.8 Å². The number of hydroxylamine groups is 2. The van der Waals surface area contributed by atoms with Crippen LogP contribution < -0.4 is 5.32 Å². The molecule has 1 saturated heterocycles. The molecule has 0 radical (unpaired) electrons. The van der Waals surface area contributed by atoms with Crippen LogP contribution in [-0.2, 0) is 9.63 Å². The van der Waals surface area contributed by atoms with E-state index in [0.717, 1.165) is 19.6 Å². The molecule has 0 amide bonds. The van der Waals surface area contributed by atoms with E-state index < -0.39 is 5.41 Å². The van der Waals surface area contributed by atoms with Crippen molar-refractivity contribution in [1.29, 1.82) is 0 Å². The second-order valence-electron chi connectivity index (χ2n) is 4.90. The summed E-state index contributed by atoms with van der Waals surface area (Å²) in [4.78, 5) is 16.6. The van der Waals surface area contributed by atoms with Crippen LogP contribution in [0.15, 0.2) is 0 Å². The van der Waals surface area contributed by atoms with Gasteiger partial charge in [-0.1, -0.05) is 0 Å². The topological polar surface area (TPSA) is 41.6 Å². The minimum atomic E-state index is -0.409. The highest BCUT2D eigenvalue weighted by atomic mass is 16.7. The third-order valence-corrected chi connectivity index (χ3v) is 2.24. The maximum atomic E-state index is 11.5. The van der Waals surface area contributed by atoms with E-state index in [2.05, 4.69) is 5.32 Å². The van der Waals surface area contributed by atoms with Crippen molar-refractivity contribution in [1.82, 2.24) is 10.4 Å². The first-order valence-corrected chi connectivity index (χ1v) is 5.05. The molecule has 1 aliphatic heterocycles. The van der Waals surface area contributed by atoms with Gasteiger partial charge in [-0.15, -0.1) is 5.06 Å². The van der Waals surface area contributed by atoms with E-state index in [1.54, 1.807) is 5.06 Å². The van der Waals surface area contributed by atoms with Crippen LogP contribution in [0.2, 0.25) is 0 Å². The fourth-order valence-corrected chi connectivity index (χ4v) is 1.27. The van der Waals surface area contributed by atoms with Crippen molar-refractivity contribution >= 4 is 5.97 Å². The van der Waals surface area contributed by atoms with Crippen LogP contribution in [0.4, 0.5) is 0 Å². The molecule has 0 aromatic heterocycles. The van der Waals surface area contributed by atoms with E-state index in [-0.39, 0.29) is 5.97 Å². The van der Waals surface area contributed by atoms with Crippen LogP contribution in [0.3, 0.4) is 0 Å². The smallest absolute Gasteiger partial charge is 0.330 e. The highest BCUT2D eigenvalue weighted by Gasteiger charge is 2.32. The maximum Gasteiger partial charge on any atom is 0.330 e.